The molecule has 3 aromatic heterocycles. The number of carbonyl (C=O) groups excluding carboxylic acids is 2. The van der Waals surface area contributed by atoms with Crippen LogP contribution < -0.4 is 10.6 Å². The van der Waals surface area contributed by atoms with Gasteiger partial charge in [-0.1, -0.05) is 12.6 Å². The Bertz CT molecular complexity index is 1550. The number of imidazole rings is 1. The molecule has 1 saturated heterocycles. The highest BCUT2D eigenvalue weighted by atomic mass is 32.1. The first-order valence-corrected chi connectivity index (χ1v) is 15.4. The lowest BCUT2D eigenvalue weighted by Gasteiger charge is -2.26. The minimum Gasteiger partial charge on any atom is -0.443 e. The Kier molecular flexibility index (Phi) is 8.50. The number of hydrogen-bond donors (Lipinski definition) is 3. The van der Waals surface area contributed by atoms with Gasteiger partial charge in [-0.05, 0) is 80.9 Å². The van der Waals surface area contributed by atoms with Crippen molar-refractivity contribution in [2.75, 3.05) is 18.4 Å². The summed E-state index contributed by atoms with van der Waals surface area (Å²) in [6, 6.07) is 10.4. The first-order chi connectivity index (χ1) is 20.5. The van der Waals surface area contributed by atoms with Crippen LogP contribution in [-0.2, 0) is 11.3 Å². The van der Waals surface area contributed by atoms with Crippen LogP contribution in [0.4, 0.5) is 5.95 Å². The van der Waals surface area contributed by atoms with E-state index in [1.54, 1.807) is 12.3 Å². The zero-order chi connectivity index (χ0) is 29.1. The highest BCUT2D eigenvalue weighted by Gasteiger charge is 2.26. The van der Waals surface area contributed by atoms with Crippen molar-refractivity contribution in [3.63, 3.8) is 0 Å². The van der Waals surface area contributed by atoms with Gasteiger partial charge in [0.25, 0.3) is 5.91 Å². The number of nitrogens with zero attached hydrogens (tertiary/aromatic N) is 4. The maximum atomic E-state index is 13.4. The van der Waals surface area contributed by atoms with E-state index in [9.17, 15) is 14.7 Å². The number of fused-ring (bicyclic) bond motifs is 1. The number of aliphatic hydroxyl groups excluding tert-OH is 1. The normalized spacial score (nSPS) is 21.3. The molecule has 1 aliphatic heterocycles. The fraction of sp³-hybridized carbons (Fsp3) is 0.419. The summed E-state index contributed by atoms with van der Waals surface area (Å²) >= 11 is 1.34. The van der Waals surface area contributed by atoms with E-state index in [2.05, 4.69) is 45.0 Å². The van der Waals surface area contributed by atoms with Crippen LogP contribution in [0.25, 0.3) is 21.7 Å². The number of benzene rings is 1. The molecule has 1 aromatic carbocycles. The number of anilines is 1. The third kappa shape index (κ3) is 6.18. The van der Waals surface area contributed by atoms with E-state index in [0.29, 0.717) is 42.3 Å². The highest BCUT2D eigenvalue weighted by molar-refractivity contribution is 7.17. The van der Waals surface area contributed by atoms with Crippen molar-refractivity contribution in [2.24, 2.45) is 0 Å². The molecule has 220 valence electrons. The standard InChI is InChI=1S/C31H36N6O4S/c1-2-29(39)36-14-3-4-22(13-15-36)37-25-10-5-20(17-33-21-6-8-23(38)9-7-21)16-24(25)34-31(37)35-30(40)28-12-11-27(42-28)26-18-32-19-41-26/h2,5,10-12,16,18-19,21-23,33,38H,1,3-4,6-9,13-15,17H2,(H,34,35,40)/t21-,22-,23-/m1/s1. The van der Waals surface area contributed by atoms with Gasteiger partial charge in [0.2, 0.25) is 11.9 Å². The molecule has 0 unspecified atom stereocenters. The molecule has 0 radical (unpaired) electrons. The van der Waals surface area contributed by atoms with Crippen molar-refractivity contribution in [1.29, 1.82) is 0 Å². The molecule has 6 rings (SSSR count). The number of aliphatic hydroxyl groups is 1. The molecule has 10 nitrogen and oxygen atoms in total. The summed E-state index contributed by atoms with van der Waals surface area (Å²) in [4.78, 5) is 37.9. The minimum absolute atomic E-state index is 0.0514. The molecule has 4 aromatic rings. The first kappa shape index (κ1) is 28.3. The van der Waals surface area contributed by atoms with Gasteiger partial charge in [0.05, 0.1) is 33.1 Å². The molecule has 2 fully saturated rings. The summed E-state index contributed by atoms with van der Waals surface area (Å²) in [5, 5.41) is 16.5. The molecule has 1 atom stereocenters. The summed E-state index contributed by atoms with van der Waals surface area (Å²) in [7, 11) is 0. The topological polar surface area (TPSA) is 126 Å². The summed E-state index contributed by atoms with van der Waals surface area (Å²) in [5.41, 5.74) is 2.90. The van der Waals surface area contributed by atoms with E-state index < -0.39 is 0 Å². The number of aromatic nitrogens is 3. The number of thiophene rings is 1. The maximum Gasteiger partial charge on any atom is 0.268 e. The van der Waals surface area contributed by atoms with E-state index >= 15 is 0 Å². The molecule has 2 amide bonds. The van der Waals surface area contributed by atoms with Crippen LogP contribution in [0.3, 0.4) is 0 Å². The van der Waals surface area contributed by atoms with Gasteiger partial charge in [-0.25, -0.2) is 9.97 Å². The predicted molar refractivity (Wildman–Crippen MR) is 162 cm³/mol. The summed E-state index contributed by atoms with van der Waals surface area (Å²) in [6.07, 6.45) is 10.3. The Labute approximate surface area is 248 Å². The van der Waals surface area contributed by atoms with Gasteiger partial charge in [0.1, 0.15) is 0 Å². The smallest absolute Gasteiger partial charge is 0.268 e. The Morgan fingerprint density at radius 2 is 1.98 bits per heavy atom. The van der Waals surface area contributed by atoms with Crippen LogP contribution in [0.5, 0.6) is 0 Å². The molecular weight excluding hydrogens is 552 g/mol. The molecule has 1 aliphatic carbocycles. The average molecular weight is 589 g/mol. The molecule has 0 spiro atoms. The van der Waals surface area contributed by atoms with Gasteiger partial charge >= 0.3 is 0 Å². The second-order valence-corrected chi connectivity index (χ2v) is 12.2. The van der Waals surface area contributed by atoms with Crippen molar-refractivity contribution < 1.29 is 19.1 Å². The zero-order valence-corrected chi connectivity index (χ0v) is 24.3. The molecule has 1 saturated carbocycles. The molecule has 2 aliphatic rings. The number of likely N-dealkylation sites (tertiary alicyclic amines) is 1. The summed E-state index contributed by atoms with van der Waals surface area (Å²) < 4.78 is 7.53. The van der Waals surface area contributed by atoms with Gasteiger partial charge in [0.15, 0.2) is 12.2 Å². The van der Waals surface area contributed by atoms with E-state index in [1.807, 2.05) is 11.0 Å². The lowest BCUT2D eigenvalue weighted by atomic mass is 9.93. The minimum atomic E-state index is -0.235. The quantitative estimate of drug-likeness (QED) is 0.244. The second kappa shape index (κ2) is 12.6. The molecule has 4 heterocycles. The third-order valence-corrected chi connectivity index (χ3v) is 9.42. The SMILES string of the molecule is C=CC(=O)N1CCC[C@@H](n2c(NC(=O)c3ccc(-c4cnco4)s3)nc3cc(CN[C@H]4CC[C@H](O)CC4)ccc32)CC1. The fourth-order valence-corrected chi connectivity index (χ4v) is 6.89. The average Bonchev–Trinajstić information content (AvgIpc) is 3.74. The van der Waals surface area contributed by atoms with Gasteiger partial charge in [-0.2, -0.15) is 0 Å². The monoisotopic (exact) mass is 588 g/mol. The van der Waals surface area contributed by atoms with Gasteiger partial charge in [-0.3, -0.25) is 14.9 Å². The fourth-order valence-electron chi connectivity index (χ4n) is 6.03. The van der Waals surface area contributed by atoms with E-state index in [-0.39, 0.29) is 24.0 Å². The molecular formula is C31H36N6O4S. The van der Waals surface area contributed by atoms with Crippen LogP contribution in [0.2, 0.25) is 0 Å². The van der Waals surface area contributed by atoms with Crippen molar-refractivity contribution in [2.45, 2.75) is 69.7 Å². The van der Waals surface area contributed by atoms with E-state index in [0.717, 1.165) is 66.4 Å². The molecule has 3 N–H and O–H groups in total. The van der Waals surface area contributed by atoms with Gasteiger partial charge in [0, 0.05) is 31.7 Å². The Balaban J connectivity index is 1.26. The highest BCUT2D eigenvalue weighted by Crippen LogP contribution is 2.33. The first-order valence-electron chi connectivity index (χ1n) is 14.6. The summed E-state index contributed by atoms with van der Waals surface area (Å²) in [6.45, 7) is 5.66. The van der Waals surface area contributed by atoms with Crippen LogP contribution in [0, 0.1) is 0 Å². The van der Waals surface area contributed by atoms with Crippen molar-refractivity contribution in [3.05, 3.63) is 66.0 Å². The van der Waals surface area contributed by atoms with E-state index in [4.69, 9.17) is 9.40 Å². The predicted octanol–water partition coefficient (Wildman–Crippen LogP) is 5.14. The van der Waals surface area contributed by atoms with Gasteiger partial charge < -0.3 is 24.3 Å². The van der Waals surface area contributed by atoms with Crippen LogP contribution >= 0.6 is 11.3 Å². The Hall–Kier alpha value is -3.80. The number of rotatable bonds is 8. The number of carbonyl (C=O) groups is 2. The Morgan fingerprint density at radius 3 is 2.76 bits per heavy atom. The lowest BCUT2D eigenvalue weighted by molar-refractivity contribution is -0.125. The largest absolute Gasteiger partial charge is 0.443 e. The molecule has 0 bridgehead atoms. The van der Waals surface area contributed by atoms with Crippen molar-refractivity contribution in [3.8, 4) is 10.6 Å². The Morgan fingerprint density at radius 1 is 1.12 bits per heavy atom. The zero-order valence-electron chi connectivity index (χ0n) is 23.5. The number of amides is 2. The maximum absolute atomic E-state index is 13.4. The van der Waals surface area contributed by atoms with Crippen LogP contribution in [0.15, 0.2) is 60.0 Å². The number of oxazole rings is 1. The van der Waals surface area contributed by atoms with Crippen LogP contribution in [-0.4, -0.2) is 61.6 Å². The van der Waals surface area contributed by atoms with Crippen molar-refractivity contribution in [1.82, 2.24) is 24.8 Å². The third-order valence-electron chi connectivity index (χ3n) is 8.32. The van der Waals surface area contributed by atoms with Gasteiger partial charge in [-0.15, -0.1) is 11.3 Å². The van der Waals surface area contributed by atoms with E-state index in [1.165, 1.54) is 23.8 Å². The lowest BCUT2D eigenvalue weighted by Crippen LogP contribution is -2.34. The number of nitrogens with one attached hydrogen (secondary N) is 2. The van der Waals surface area contributed by atoms with Crippen LogP contribution in [0.1, 0.15) is 66.2 Å². The molecule has 11 heteroatoms. The molecule has 42 heavy (non-hydrogen) atoms. The second-order valence-electron chi connectivity index (χ2n) is 11.1. The number of hydrogen-bond acceptors (Lipinski definition) is 8. The van der Waals surface area contributed by atoms with Crippen molar-refractivity contribution >= 4 is 40.1 Å². The summed E-state index contributed by atoms with van der Waals surface area (Å²) in [5.74, 6) is 0.837.